The second kappa shape index (κ2) is 7.44. The van der Waals surface area contributed by atoms with Crippen molar-refractivity contribution in [2.75, 3.05) is 13.1 Å². The summed E-state index contributed by atoms with van der Waals surface area (Å²) in [5.41, 5.74) is 1.14. The zero-order valence-corrected chi connectivity index (χ0v) is 14.7. The number of rotatable bonds is 6. The molecule has 1 atom stereocenters. The summed E-state index contributed by atoms with van der Waals surface area (Å²) < 4.78 is 0. The highest BCUT2D eigenvalue weighted by Gasteiger charge is 2.44. The first-order chi connectivity index (χ1) is 10.1. The molecular weight excluding hydrogens is 326 g/mol. The SMILES string of the molecule is CCCC1(CCC)CCN(CC2=CC=CC(Br)C=C2)C1=O. The summed E-state index contributed by atoms with van der Waals surface area (Å²) in [4.78, 5) is 15.2. The van der Waals surface area contributed by atoms with Gasteiger partial charge in [0.25, 0.3) is 0 Å². The molecule has 1 aliphatic heterocycles. The summed E-state index contributed by atoms with van der Waals surface area (Å²) in [5.74, 6) is 0.379. The summed E-state index contributed by atoms with van der Waals surface area (Å²) in [6.07, 6.45) is 15.8. The molecule has 0 N–H and O–H groups in total. The van der Waals surface area contributed by atoms with E-state index in [4.69, 9.17) is 0 Å². The molecular formula is C18H26BrNO. The van der Waals surface area contributed by atoms with Gasteiger partial charge in [-0.05, 0) is 24.8 Å². The van der Waals surface area contributed by atoms with Crippen molar-refractivity contribution in [2.24, 2.45) is 5.41 Å². The predicted molar refractivity (Wildman–Crippen MR) is 92.5 cm³/mol. The van der Waals surface area contributed by atoms with Crippen molar-refractivity contribution in [1.82, 2.24) is 4.90 Å². The molecule has 0 aromatic heterocycles. The molecule has 1 amide bonds. The number of carbonyl (C=O) groups is 1. The van der Waals surface area contributed by atoms with Crippen LogP contribution in [0.4, 0.5) is 0 Å². The van der Waals surface area contributed by atoms with Crippen LogP contribution < -0.4 is 0 Å². The van der Waals surface area contributed by atoms with Crippen LogP contribution in [0.25, 0.3) is 0 Å². The van der Waals surface area contributed by atoms with E-state index in [1.807, 2.05) is 0 Å². The highest BCUT2D eigenvalue weighted by Crippen LogP contribution is 2.41. The Labute approximate surface area is 137 Å². The van der Waals surface area contributed by atoms with Gasteiger partial charge in [0.2, 0.25) is 5.91 Å². The van der Waals surface area contributed by atoms with Crippen LogP contribution in [0.1, 0.15) is 46.0 Å². The lowest BCUT2D eigenvalue weighted by Gasteiger charge is -2.27. The van der Waals surface area contributed by atoms with Crippen LogP contribution >= 0.6 is 15.9 Å². The fourth-order valence-corrected chi connectivity index (χ4v) is 3.86. The maximum Gasteiger partial charge on any atom is 0.229 e. The summed E-state index contributed by atoms with van der Waals surface area (Å²) in [7, 11) is 0. The van der Waals surface area contributed by atoms with E-state index in [1.165, 1.54) is 5.57 Å². The average molecular weight is 352 g/mol. The fourth-order valence-electron chi connectivity index (χ4n) is 3.54. The normalized spacial score (nSPS) is 24.3. The average Bonchev–Trinajstić information content (AvgIpc) is 2.63. The third-order valence-electron chi connectivity index (χ3n) is 4.53. The minimum absolute atomic E-state index is 0.0771. The van der Waals surface area contributed by atoms with Crippen molar-refractivity contribution in [3.05, 3.63) is 36.0 Å². The Balaban J connectivity index is 2.06. The Morgan fingerprint density at radius 2 is 2.00 bits per heavy atom. The van der Waals surface area contributed by atoms with E-state index in [2.05, 4.69) is 65.1 Å². The lowest BCUT2D eigenvalue weighted by atomic mass is 9.78. The molecule has 0 spiro atoms. The summed E-state index contributed by atoms with van der Waals surface area (Å²) >= 11 is 3.56. The molecule has 1 aliphatic carbocycles. The fraction of sp³-hybridized carbons (Fsp3) is 0.611. The number of nitrogens with zero attached hydrogens (tertiary/aromatic N) is 1. The van der Waals surface area contributed by atoms with Crippen LogP contribution in [-0.2, 0) is 4.79 Å². The number of alkyl halides is 1. The number of likely N-dealkylation sites (tertiary alicyclic amines) is 1. The molecule has 0 aromatic carbocycles. The van der Waals surface area contributed by atoms with Crippen molar-refractivity contribution in [2.45, 2.75) is 50.8 Å². The molecule has 0 saturated carbocycles. The molecule has 2 aliphatic rings. The van der Waals surface area contributed by atoms with Gasteiger partial charge in [0.1, 0.15) is 0 Å². The van der Waals surface area contributed by atoms with Crippen molar-refractivity contribution in [3.8, 4) is 0 Å². The second-order valence-corrected chi connectivity index (χ2v) is 7.24. The van der Waals surface area contributed by atoms with Crippen LogP contribution in [0, 0.1) is 5.41 Å². The van der Waals surface area contributed by atoms with Gasteiger partial charge in [-0.2, -0.15) is 0 Å². The van der Waals surface area contributed by atoms with E-state index in [0.717, 1.165) is 45.2 Å². The molecule has 1 fully saturated rings. The van der Waals surface area contributed by atoms with Crippen LogP contribution in [0.5, 0.6) is 0 Å². The Morgan fingerprint density at radius 1 is 1.29 bits per heavy atom. The van der Waals surface area contributed by atoms with Gasteiger partial charge in [0, 0.05) is 13.1 Å². The minimum Gasteiger partial charge on any atom is -0.338 e. The molecule has 1 heterocycles. The molecule has 21 heavy (non-hydrogen) atoms. The molecule has 0 aromatic rings. The Hall–Kier alpha value is -0.830. The van der Waals surface area contributed by atoms with E-state index in [0.29, 0.717) is 10.7 Å². The van der Waals surface area contributed by atoms with E-state index in [9.17, 15) is 4.79 Å². The van der Waals surface area contributed by atoms with Gasteiger partial charge in [0.15, 0.2) is 0 Å². The van der Waals surface area contributed by atoms with Crippen LogP contribution in [0.3, 0.4) is 0 Å². The Bertz CT molecular complexity index is 458. The van der Waals surface area contributed by atoms with Gasteiger partial charge >= 0.3 is 0 Å². The van der Waals surface area contributed by atoms with E-state index in [-0.39, 0.29) is 5.41 Å². The third kappa shape index (κ3) is 3.88. The summed E-state index contributed by atoms with van der Waals surface area (Å²) in [6.45, 7) is 6.02. The maximum absolute atomic E-state index is 12.9. The van der Waals surface area contributed by atoms with Crippen molar-refractivity contribution in [1.29, 1.82) is 0 Å². The first kappa shape index (κ1) is 16.5. The predicted octanol–water partition coefficient (Wildman–Crippen LogP) is 4.62. The molecule has 2 rings (SSSR count). The van der Waals surface area contributed by atoms with Crippen molar-refractivity contribution < 1.29 is 4.79 Å². The topological polar surface area (TPSA) is 20.3 Å². The van der Waals surface area contributed by atoms with Gasteiger partial charge in [-0.3, -0.25) is 4.79 Å². The molecule has 3 heteroatoms. The van der Waals surface area contributed by atoms with Gasteiger partial charge < -0.3 is 4.90 Å². The highest BCUT2D eigenvalue weighted by atomic mass is 79.9. The number of allylic oxidation sites excluding steroid dienone is 4. The van der Waals surface area contributed by atoms with Gasteiger partial charge in [-0.1, -0.05) is 73.0 Å². The van der Waals surface area contributed by atoms with E-state index < -0.39 is 0 Å². The van der Waals surface area contributed by atoms with Gasteiger partial charge in [0.05, 0.1) is 10.2 Å². The Morgan fingerprint density at radius 3 is 2.67 bits per heavy atom. The molecule has 0 bridgehead atoms. The van der Waals surface area contributed by atoms with Gasteiger partial charge in [-0.25, -0.2) is 0 Å². The minimum atomic E-state index is -0.0771. The lowest BCUT2D eigenvalue weighted by Crippen LogP contribution is -2.35. The monoisotopic (exact) mass is 351 g/mol. The zero-order chi connectivity index (χ0) is 15.3. The zero-order valence-electron chi connectivity index (χ0n) is 13.1. The largest absolute Gasteiger partial charge is 0.338 e. The molecule has 1 unspecified atom stereocenters. The molecule has 0 radical (unpaired) electrons. The molecule has 2 nitrogen and oxygen atoms in total. The van der Waals surface area contributed by atoms with Crippen LogP contribution in [0.2, 0.25) is 0 Å². The first-order valence-corrected chi connectivity index (χ1v) is 9.02. The first-order valence-electron chi connectivity index (χ1n) is 8.10. The molecule has 116 valence electrons. The van der Waals surface area contributed by atoms with E-state index >= 15 is 0 Å². The number of hydrogen-bond donors (Lipinski definition) is 0. The summed E-state index contributed by atoms with van der Waals surface area (Å²) in [5, 5.41) is 0. The number of hydrogen-bond acceptors (Lipinski definition) is 1. The summed E-state index contributed by atoms with van der Waals surface area (Å²) in [6, 6.07) is 0. The number of halogens is 1. The highest BCUT2D eigenvalue weighted by molar-refractivity contribution is 9.09. The van der Waals surface area contributed by atoms with Crippen LogP contribution in [-0.4, -0.2) is 28.7 Å². The quantitative estimate of drug-likeness (QED) is 0.639. The smallest absolute Gasteiger partial charge is 0.229 e. The lowest BCUT2D eigenvalue weighted by molar-refractivity contribution is -0.136. The van der Waals surface area contributed by atoms with Crippen molar-refractivity contribution >= 4 is 21.8 Å². The second-order valence-electron chi connectivity index (χ2n) is 6.19. The van der Waals surface area contributed by atoms with Crippen molar-refractivity contribution in [3.63, 3.8) is 0 Å². The van der Waals surface area contributed by atoms with Crippen LogP contribution in [0.15, 0.2) is 36.0 Å². The van der Waals surface area contributed by atoms with E-state index in [1.54, 1.807) is 0 Å². The maximum atomic E-state index is 12.9. The van der Waals surface area contributed by atoms with Gasteiger partial charge in [-0.15, -0.1) is 0 Å². The Kier molecular flexibility index (Phi) is 5.86. The molecule has 1 saturated heterocycles. The standard InChI is InChI=1S/C18H26BrNO/c1-3-10-18(11-4-2)12-13-20(17(18)21)14-15-6-5-7-16(19)9-8-15/h5-9,16H,3-4,10-14H2,1-2H3. The third-order valence-corrected chi connectivity index (χ3v) is 5.14. The number of amides is 1. The number of carbonyl (C=O) groups excluding carboxylic acids is 1.